The van der Waals surface area contributed by atoms with E-state index in [-0.39, 0.29) is 6.10 Å². The van der Waals surface area contributed by atoms with Crippen LogP contribution in [0.1, 0.15) is 32.6 Å². The smallest absolute Gasteiger partial charge is 0.0527 e. The summed E-state index contributed by atoms with van der Waals surface area (Å²) in [6, 6.07) is 0.628. The van der Waals surface area contributed by atoms with E-state index in [1.165, 1.54) is 25.8 Å². The van der Waals surface area contributed by atoms with Gasteiger partial charge in [0.15, 0.2) is 0 Å². The fraction of sp³-hybridized carbons (Fsp3) is 1.00. The Hall–Kier alpha value is -0.0800. The highest BCUT2D eigenvalue weighted by atomic mass is 16.3. The first-order valence-electron chi connectivity index (χ1n) is 4.58. The van der Waals surface area contributed by atoms with Crippen molar-refractivity contribution in [2.75, 3.05) is 13.6 Å². The standard InChI is InChI=1S/C9H19NO/c1-8(11)7-9-5-3-4-6-10(9)2/h8-9,11H,3-7H2,1-2H3/t8-,9-/m0/s1. The van der Waals surface area contributed by atoms with E-state index in [1.807, 2.05) is 6.92 Å². The molecule has 1 aliphatic heterocycles. The normalized spacial score (nSPS) is 30.3. The van der Waals surface area contributed by atoms with Gasteiger partial charge in [-0.2, -0.15) is 0 Å². The molecule has 0 aromatic heterocycles. The molecule has 1 saturated heterocycles. The SMILES string of the molecule is C[C@H](O)C[C@@H]1CCCCN1C. The summed E-state index contributed by atoms with van der Waals surface area (Å²) in [7, 11) is 2.16. The molecular weight excluding hydrogens is 138 g/mol. The summed E-state index contributed by atoms with van der Waals surface area (Å²) in [6.45, 7) is 3.08. The van der Waals surface area contributed by atoms with Gasteiger partial charge in [-0.15, -0.1) is 0 Å². The molecule has 0 unspecified atom stereocenters. The van der Waals surface area contributed by atoms with Gasteiger partial charge in [-0.1, -0.05) is 6.42 Å². The number of hydrogen-bond donors (Lipinski definition) is 1. The topological polar surface area (TPSA) is 23.5 Å². The highest BCUT2D eigenvalue weighted by Crippen LogP contribution is 2.18. The maximum atomic E-state index is 9.20. The van der Waals surface area contributed by atoms with E-state index >= 15 is 0 Å². The summed E-state index contributed by atoms with van der Waals surface area (Å²) in [5.74, 6) is 0. The second kappa shape index (κ2) is 4.07. The molecule has 1 fully saturated rings. The Kier molecular flexibility index (Phi) is 3.34. The second-order valence-electron chi connectivity index (χ2n) is 3.71. The number of likely N-dealkylation sites (tertiary alicyclic amines) is 1. The summed E-state index contributed by atoms with van der Waals surface area (Å²) in [6.07, 6.45) is 4.73. The molecule has 1 N–H and O–H groups in total. The minimum atomic E-state index is -0.138. The van der Waals surface area contributed by atoms with Crippen molar-refractivity contribution in [1.82, 2.24) is 4.90 Å². The number of aliphatic hydroxyl groups is 1. The van der Waals surface area contributed by atoms with E-state index in [9.17, 15) is 5.11 Å². The van der Waals surface area contributed by atoms with Gasteiger partial charge in [-0.05, 0) is 39.8 Å². The maximum Gasteiger partial charge on any atom is 0.0527 e. The van der Waals surface area contributed by atoms with Crippen LogP contribution in [0.15, 0.2) is 0 Å². The number of hydrogen-bond acceptors (Lipinski definition) is 2. The highest BCUT2D eigenvalue weighted by Gasteiger charge is 2.19. The van der Waals surface area contributed by atoms with Crippen LogP contribution in [-0.2, 0) is 0 Å². The monoisotopic (exact) mass is 157 g/mol. The Morgan fingerprint density at radius 2 is 2.27 bits per heavy atom. The molecular formula is C9H19NO. The van der Waals surface area contributed by atoms with Crippen molar-refractivity contribution < 1.29 is 5.11 Å². The van der Waals surface area contributed by atoms with Gasteiger partial charge in [0, 0.05) is 6.04 Å². The lowest BCUT2D eigenvalue weighted by Gasteiger charge is -2.33. The van der Waals surface area contributed by atoms with E-state index in [4.69, 9.17) is 0 Å². The Balaban J connectivity index is 2.29. The molecule has 2 atom stereocenters. The average molecular weight is 157 g/mol. The maximum absolute atomic E-state index is 9.20. The Morgan fingerprint density at radius 1 is 1.55 bits per heavy atom. The van der Waals surface area contributed by atoms with Crippen molar-refractivity contribution in [3.8, 4) is 0 Å². The highest BCUT2D eigenvalue weighted by molar-refractivity contribution is 4.75. The van der Waals surface area contributed by atoms with E-state index in [1.54, 1.807) is 0 Å². The molecule has 11 heavy (non-hydrogen) atoms. The van der Waals surface area contributed by atoms with Gasteiger partial charge < -0.3 is 10.0 Å². The molecule has 2 nitrogen and oxygen atoms in total. The summed E-state index contributed by atoms with van der Waals surface area (Å²) in [5.41, 5.74) is 0. The number of rotatable bonds is 2. The van der Waals surface area contributed by atoms with Gasteiger partial charge in [0.25, 0.3) is 0 Å². The van der Waals surface area contributed by atoms with Gasteiger partial charge in [0.05, 0.1) is 6.10 Å². The van der Waals surface area contributed by atoms with Crippen molar-refractivity contribution in [1.29, 1.82) is 0 Å². The van der Waals surface area contributed by atoms with Crippen LogP contribution >= 0.6 is 0 Å². The van der Waals surface area contributed by atoms with Crippen LogP contribution in [0.5, 0.6) is 0 Å². The summed E-state index contributed by atoms with van der Waals surface area (Å²) >= 11 is 0. The van der Waals surface area contributed by atoms with Crippen molar-refractivity contribution in [3.05, 3.63) is 0 Å². The van der Waals surface area contributed by atoms with E-state index < -0.39 is 0 Å². The molecule has 0 spiro atoms. The van der Waals surface area contributed by atoms with Crippen LogP contribution in [-0.4, -0.2) is 35.7 Å². The number of aliphatic hydroxyl groups excluding tert-OH is 1. The molecule has 0 amide bonds. The lowest BCUT2D eigenvalue weighted by Crippen LogP contribution is -2.38. The predicted molar refractivity (Wildman–Crippen MR) is 46.6 cm³/mol. The second-order valence-corrected chi connectivity index (χ2v) is 3.71. The molecule has 0 aliphatic carbocycles. The van der Waals surface area contributed by atoms with Crippen molar-refractivity contribution in [3.63, 3.8) is 0 Å². The number of piperidine rings is 1. The Morgan fingerprint density at radius 3 is 2.82 bits per heavy atom. The van der Waals surface area contributed by atoms with Gasteiger partial charge >= 0.3 is 0 Å². The molecule has 1 heterocycles. The molecule has 0 bridgehead atoms. The van der Waals surface area contributed by atoms with E-state index in [0.717, 1.165) is 6.42 Å². The molecule has 0 radical (unpaired) electrons. The Bertz CT molecular complexity index is 114. The van der Waals surface area contributed by atoms with Crippen LogP contribution in [0.2, 0.25) is 0 Å². The zero-order valence-electron chi connectivity index (χ0n) is 7.58. The predicted octanol–water partition coefficient (Wildman–Crippen LogP) is 1.24. The molecule has 0 saturated carbocycles. The van der Waals surface area contributed by atoms with Crippen molar-refractivity contribution >= 4 is 0 Å². The van der Waals surface area contributed by atoms with Crippen LogP contribution in [0, 0.1) is 0 Å². The Labute approximate surface area is 69.2 Å². The molecule has 66 valence electrons. The van der Waals surface area contributed by atoms with Gasteiger partial charge in [0.1, 0.15) is 0 Å². The van der Waals surface area contributed by atoms with Gasteiger partial charge in [-0.25, -0.2) is 0 Å². The largest absolute Gasteiger partial charge is 0.393 e. The molecule has 0 aromatic rings. The first-order valence-corrected chi connectivity index (χ1v) is 4.58. The van der Waals surface area contributed by atoms with Crippen LogP contribution in [0.25, 0.3) is 0 Å². The molecule has 0 aromatic carbocycles. The van der Waals surface area contributed by atoms with E-state index in [0.29, 0.717) is 6.04 Å². The van der Waals surface area contributed by atoms with Crippen molar-refractivity contribution in [2.45, 2.75) is 44.8 Å². The lowest BCUT2D eigenvalue weighted by atomic mass is 9.98. The van der Waals surface area contributed by atoms with Crippen LogP contribution < -0.4 is 0 Å². The quantitative estimate of drug-likeness (QED) is 0.652. The van der Waals surface area contributed by atoms with Gasteiger partial charge in [-0.3, -0.25) is 0 Å². The minimum absolute atomic E-state index is 0.138. The summed E-state index contributed by atoms with van der Waals surface area (Å²) < 4.78 is 0. The average Bonchev–Trinajstić information content (AvgIpc) is 1.93. The third-order valence-corrected chi connectivity index (χ3v) is 2.53. The van der Waals surface area contributed by atoms with Gasteiger partial charge in [0.2, 0.25) is 0 Å². The minimum Gasteiger partial charge on any atom is -0.393 e. The first kappa shape index (κ1) is 9.01. The third kappa shape index (κ3) is 2.80. The van der Waals surface area contributed by atoms with Crippen molar-refractivity contribution in [2.24, 2.45) is 0 Å². The fourth-order valence-corrected chi connectivity index (χ4v) is 1.84. The van der Waals surface area contributed by atoms with Crippen LogP contribution in [0.3, 0.4) is 0 Å². The molecule has 1 aliphatic rings. The number of nitrogens with zero attached hydrogens (tertiary/aromatic N) is 1. The van der Waals surface area contributed by atoms with E-state index in [2.05, 4.69) is 11.9 Å². The zero-order chi connectivity index (χ0) is 8.27. The summed E-state index contributed by atoms with van der Waals surface area (Å²) in [4.78, 5) is 2.37. The summed E-state index contributed by atoms with van der Waals surface area (Å²) in [5, 5.41) is 9.20. The molecule has 1 rings (SSSR count). The first-order chi connectivity index (χ1) is 5.20. The zero-order valence-corrected chi connectivity index (χ0v) is 7.58. The third-order valence-electron chi connectivity index (χ3n) is 2.53. The fourth-order valence-electron chi connectivity index (χ4n) is 1.84. The molecule has 2 heteroatoms. The van der Waals surface area contributed by atoms with Crippen LogP contribution in [0.4, 0.5) is 0 Å². The lowest BCUT2D eigenvalue weighted by molar-refractivity contribution is 0.105.